The zero-order chi connectivity index (χ0) is 20.3. The number of nitrogens with one attached hydrogen (secondary N) is 1. The maximum absolute atomic E-state index is 12.3. The van der Waals surface area contributed by atoms with Crippen LogP contribution in [0.1, 0.15) is 11.3 Å². The molecule has 3 rings (SSSR count). The highest BCUT2D eigenvalue weighted by atomic mass is 35.5. The van der Waals surface area contributed by atoms with E-state index < -0.39 is 5.91 Å². The van der Waals surface area contributed by atoms with Gasteiger partial charge in [-0.25, -0.2) is 0 Å². The van der Waals surface area contributed by atoms with E-state index in [2.05, 4.69) is 5.32 Å². The first-order valence-corrected chi connectivity index (χ1v) is 9.38. The molecule has 5 nitrogen and oxygen atoms in total. The van der Waals surface area contributed by atoms with Crippen LogP contribution in [0.2, 0.25) is 15.1 Å². The van der Waals surface area contributed by atoms with Crippen LogP contribution in [0, 0.1) is 6.92 Å². The Bertz CT molecular complexity index is 993. The second kappa shape index (κ2) is 8.88. The molecular weight excluding hydrogens is 425 g/mol. The normalized spacial score (nSPS) is 10.8. The van der Waals surface area contributed by atoms with Gasteiger partial charge in [0.05, 0.1) is 15.7 Å². The summed E-state index contributed by atoms with van der Waals surface area (Å²) in [5.41, 5.74) is 1.84. The molecule has 146 valence electrons. The number of ether oxygens (including phenoxy) is 1. The fraction of sp³-hybridized carbons (Fsp3) is 0.150. The first-order valence-electron chi connectivity index (χ1n) is 8.25. The zero-order valence-electron chi connectivity index (χ0n) is 14.8. The summed E-state index contributed by atoms with van der Waals surface area (Å²) in [5.74, 6) is 0.989. The van der Waals surface area contributed by atoms with Crippen LogP contribution < -0.4 is 10.1 Å². The van der Waals surface area contributed by atoms with E-state index in [0.29, 0.717) is 43.6 Å². The van der Waals surface area contributed by atoms with Crippen LogP contribution in [-0.2, 0) is 11.4 Å². The maximum atomic E-state index is 12.3. The first-order chi connectivity index (χ1) is 13.4. The molecule has 2 N–H and O–H groups in total. The number of aliphatic hydroxyl groups is 1. The molecule has 0 fully saturated rings. The lowest BCUT2D eigenvalue weighted by Gasteiger charge is -2.12. The van der Waals surface area contributed by atoms with E-state index in [9.17, 15) is 4.79 Å². The molecule has 8 heteroatoms. The lowest BCUT2D eigenvalue weighted by atomic mass is 10.1. The van der Waals surface area contributed by atoms with Gasteiger partial charge in [0.15, 0.2) is 6.61 Å². The predicted octanol–water partition coefficient (Wildman–Crippen LogP) is 5.73. The van der Waals surface area contributed by atoms with Gasteiger partial charge in [-0.05, 0) is 55.0 Å². The summed E-state index contributed by atoms with van der Waals surface area (Å²) in [6.07, 6.45) is 0. The quantitative estimate of drug-likeness (QED) is 0.514. The molecule has 0 unspecified atom stereocenters. The molecule has 1 amide bonds. The summed E-state index contributed by atoms with van der Waals surface area (Å²) in [6, 6.07) is 11.7. The van der Waals surface area contributed by atoms with Crippen molar-refractivity contribution in [1.82, 2.24) is 0 Å². The van der Waals surface area contributed by atoms with Crippen molar-refractivity contribution in [2.75, 3.05) is 11.9 Å². The molecule has 0 atom stereocenters. The Morgan fingerprint density at radius 2 is 1.89 bits per heavy atom. The molecule has 1 heterocycles. The van der Waals surface area contributed by atoms with Crippen molar-refractivity contribution < 1.29 is 19.1 Å². The number of carbonyl (C=O) groups is 1. The number of aliphatic hydroxyl groups excluding tert-OH is 1. The number of aryl methyl sites for hydroxylation is 1. The Morgan fingerprint density at radius 1 is 1.11 bits per heavy atom. The van der Waals surface area contributed by atoms with Gasteiger partial charge in [0.2, 0.25) is 0 Å². The lowest BCUT2D eigenvalue weighted by Crippen LogP contribution is -2.20. The molecule has 0 aliphatic heterocycles. The third-order valence-electron chi connectivity index (χ3n) is 3.88. The van der Waals surface area contributed by atoms with Gasteiger partial charge in [-0.2, -0.15) is 0 Å². The van der Waals surface area contributed by atoms with Crippen molar-refractivity contribution in [2.45, 2.75) is 13.5 Å². The molecule has 0 radical (unpaired) electrons. The topological polar surface area (TPSA) is 71.7 Å². The lowest BCUT2D eigenvalue weighted by molar-refractivity contribution is -0.118. The van der Waals surface area contributed by atoms with Crippen LogP contribution in [0.4, 0.5) is 5.69 Å². The second-order valence-corrected chi connectivity index (χ2v) is 7.24. The summed E-state index contributed by atoms with van der Waals surface area (Å²) in [4.78, 5) is 12.3. The molecule has 0 saturated heterocycles. The van der Waals surface area contributed by atoms with E-state index in [1.165, 1.54) is 0 Å². The maximum Gasteiger partial charge on any atom is 0.262 e. The second-order valence-electron chi connectivity index (χ2n) is 5.99. The van der Waals surface area contributed by atoms with Gasteiger partial charge in [0.25, 0.3) is 5.91 Å². The van der Waals surface area contributed by atoms with Crippen LogP contribution in [-0.4, -0.2) is 17.6 Å². The molecule has 0 aliphatic carbocycles. The van der Waals surface area contributed by atoms with E-state index in [1.807, 2.05) is 0 Å². The average molecular weight is 441 g/mol. The number of halogens is 3. The molecule has 0 spiro atoms. The summed E-state index contributed by atoms with van der Waals surface area (Å²) >= 11 is 18.2. The smallest absolute Gasteiger partial charge is 0.262 e. The molecule has 1 aromatic heterocycles. The number of furan rings is 1. The summed E-state index contributed by atoms with van der Waals surface area (Å²) in [5, 5.41) is 13.0. The molecule has 0 aliphatic rings. The highest BCUT2D eigenvalue weighted by Gasteiger charge is 2.13. The third kappa shape index (κ3) is 4.80. The molecule has 0 saturated carbocycles. The van der Waals surface area contributed by atoms with Crippen molar-refractivity contribution in [3.63, 3.8) is 0 Å². The summed E-state index contributed by atoms with van der Waals surface area (Å²) < 4.78 is 11.0. The Morgan fingerprint density at radius 3 is 2.57 bits per heavy atom. The molecular formula is C20H16Cl3NO4. The Balaban J connectivity index is 1.71. The molecule has 2 aromatic carbocycles. The third-order valence-corrected chi connectivity index (χ3v) is 4.71. The number of hydrogen-bond acceptors (Lipinski definition) is 4. The van der Waals surface area contributed by atoms with Gasteiger partial charge in [0.1, 0.15) is 23.9 Å². The van der Waals surface area contributed by atoms with Crippen LogP contribution in [0.3, 0.4) is 0 Å². The highest BCUT2D eigenvalue weighted by Crippen LogP contribution is 2.32. The van der Waals surface area contributed by atoms with E-state index in [1.54, 1.807) is 49.4 Å². The highest BCUT2D eigenvalue weighted by molar-refractivity contribution is 6.35. The van der Waals surface area contributed by atoms with Crippen LogP contribution in [0.15, 0.2) is 46.9 Å². The Kier molecular flexibility index (Phi) is 6.52. The Hall–Kier alpha value is -2.18. The first kappa shape index (κ1) is 20.6. The van der Waals surface area contributed by atoms with Gasteiger partial charge in [-0.1, -0.05) is 34.8 Å². The van der Waals surface area contributed by atoms with Crippen molar-refractivity contribution >= 4 is 46.4 Å². The van der Waals surface area contributed by atoms with E-state index in [4.69, 9.17) is 49.1 Å². The standard InChI is InChI=1S/C20H16Cl3NO4/c1-11-6-13(21)8-16(23)20(11)27-10-19(26)24-17-7-12(2-4-15(17)22)18-5-3-14(9-25)28-18/h2-8,25H,9-10H2,1H3,(H,24,26). The predicted molar refractivity (Wildman–Crippen MR) is 110 cm³/mol. The fourth-order valence-electron chi connectivity index (χ4n) is 2.59. The van der Waals surface area contributed by atoms with Crippen LogP contribution in [0.25, 0.3) is 11.3 Å². The van der Waals surface area contributed by atoms with Gasteiger partial charge >= 0.3 is 0 Å². The minimum atomic E-state index is -0.403. The number of hydrogen-bond donors (Lipinski definition) is 2. The summed E-state index contributed by atoms with van der Waals surface area (Å²) in [7, 11) is 0. The molecule has 28 heavy (non-hydrogen) atoms. The van der Waals surface area contributed by atoms with Crippen LogP contribution >= 0.6 is 34.8 Å². The number of rotatable bonds is 6. The van der Waals surface area contributed by atoms with Gasteiger partial charge in [-0.3, -0.25) is 4.79 Å². The van der Waals surface area contributed by atoms with E-state index in [0.717, 1.165) is 5.56 Å². The minimum Gasteiger partial charge on any atom is -0.482 e. The van der Waals surface area contributed by atoms with Gasteiger partial charge < -0.3 is 19.6 Å². The van der Waals surface area contributed by atoms with Crippen molar-refractivity contribution in [3.8, 4) is 17.1 Å². The minimum absolute atomic E-state index is 0.193. The van der Waals surface area contributed by atoms with E-state index >= 15 is 0 Å². The van der Waals surface area contributed by atoms with Gasteiger partial charge in [0, 0.05) is 10.6 Å². The summed E-state index contributed by atoms with van der Waals surface area (Å²) in [6.45, 7) is 1.34. The van der Waals surface area contributed by atoms with Crippen molar-refractivity contribution in [3.05, 3.63) is 68.9 Å². The SMILES string of the molecule is Cc1cc(Cl)cc(Cl)c1OCC(=O)Nc1cc(-c2ccc(CO)o2)ccc1Cl. The number of anilines is 1. The zero-order valence-corrected chi connectivity index (χ0v) is 17.0. The van der Waals surface area contributed by atoms with Crippen LogP contribution in [0.5, 0.6) is 5.75 Å². The average Bonchev–Trinajstić information content (AvgIpc) is 3.12. The Labute approximate surface area is 176 Å². The largest absolute Gasteiger partial charge is 0.482 e. The number of carbonyl (C=O) groups excluding carboxylic acids is 1. The fourth-order valence-corrected chi connectivity index (χ4v) is 3.40. The van der Waals surface area contributed by atoms with E-state index in [-0.39, 0.29) is 13.2 Å². The number of benzene rings is 2. The van der Waals surface area contributed by atoms with Gasteiger partial charge in [-0.15, -0.1) is 0 Å². The van der Waals surface area contributed by atoms with Crippen molar-refractivity contribution in [2.24, 2.45) is 0 Å². The van der Waals surface area contributed by atoms with Crippen molar-refractivity contribution in [1.29, 1.82) is 0 Å². The molecule has 3 aromatic rings. The molecule has 0 bridgehead atoms. The monoisotopic (exact) mass is 439 g/mol. The number of amides is 1.